The Morgan fingerprint density at radius 2 is 1.57 bits per heavy atom. The minimum atomic E-state index is 0.407. The predicted octanol–water partition coefficient (Wildman–Crippen LogP) is 5.45. The number of allylic oxidation sites excluding steroid dienone is 2. The minimum absolute atomic E-state index is 0.407. The maximum atomic E-state index is 9.07. The number of nitriles is 1. The van der Waals surface area contributed by atoms with Crippen LogP contribution in [-0.4, -0.2) is 31.2 Å². The second-order valence-corrected chi connectivity index (χ2v) is 5.94. The molecule has 0 fully saturated rings. The summed E-state index contributed by atoms with van der Waals surface area (Å²) in [5, 5.41) is 9.07. The third-order valence-electron chi connectivity index (χ3n) is 3.80. The van der Waals surface area contributed by atoms with E-state index in [2.05, 4.69) is 31.0 Å². The average molecular weight is 321 g/mol. The molecule has 0 aromatic rings. The monoisotopic (exact) mass is 320 g/mol. The molecular formula is C20H36N2O. The SMILES string of the molecule is CCCCCCN(C=CC=C(C#N)COCC)CCCCCC. The van der Waals surface area contributed by atoms with Gasteiger partial charge in [0, 0.05) is 19.7 Å². The molecule has 0 amide bonds. The van der Waals surface area contributed by atoms with Gasteiger partial charge in [0.25, 0.3) is 0 Å². The molecule has 0 atom stereocenters. The maximum Gasteiger partial charge on any atom is 0.0971 e. The summed E-state index contributed by atoms with van der Waals surface area (Å²) in [4.78, 5) is 2.40. The van der Waals surface area contributed by atoms with E-state index < -0.39 is 0 Å². The van der Waals surface area contributed by atoms with E-state index in [1.54, 1.807) is 0 Å². The second-order valence-electron chi connectivity index (χ2n) is 5.94. The molecule has 0 aliphatic heterocycles. The van der Waals surface area contributed by atoms with Crippen molar-refractivity contribution in [1.29, 1.82) is 5.26 Å². The second kappa shape index (κ2) is 17.1. The van der Waals surface area contributed by atoms with Crippen LogP contribution in [0.15, 0.2) is 23.9 Å². The third-order valence-corrected chi connectivity index (χ3v) is 3.80. The van der Waals surface area contributed by atoms with Gasteiger partial charge in [0.2, 0.25) is 0 Å². The number of hydrogen-bond acceptors (Lipinski definition) is 3. The molecule has 0 heterocycles. The van der Waals surface area contributed by atoms with Gasteiger partial charge in [0.15, 0.2) is 0 Å². The molecule has 3 heteroatoms. The quantitative estimate of drug-likeness (QED) is 0.229. The number of unbranched alkanes of at least 4 members (excludes halogenated alkanes) is 6. The Labute approximate surface area is 144 Å². The van der Waals surface area contributed by atoms with Crippen molar-refractivity contribution in [3.63, 3.8) is 0 Å². The van der Waals surface area contributed by atoms with Crippen molar-refractivity contribution in [3.8, 4) is 6.07 Å². The molecule has 23 heavy (non-hydrogen) atoms. The van der Waals surface area contributed by atoms with E-state index in [1.165, 1.54) is 51.4 Å². The fraction of sp³-hybridized carbons (Fsp3) is 0.750. The lowest BCUT2D eigenvalue weighted by atomic mass is 10.1. The van der Waals surface area contributed by atoms with Gasteiger partial charge in [-0.25, -0.2) is 0 Å². The summed E-state index contributed by atoms with van der Waals surface area (Å²) in [6.45, 7) is 9.71. The first-order chi connectivity index (χ1) is 11.3. The molecule has 132 valence electrons. The lowest BCUT2D eigenvalue weighted by Gasteiger charge is -2.20. The fourth-order valence-corrected chi connectivity index (χ4v) is 2.35. The summed E-state index contributed by atoms with van der Waals surface area (Å²) in [6, 6.07) is 2.20. The van der Waals surface area contributed by atoms with Crippen LogP contribution in [0.5, 0.6) is 0 Å². The van der Waals surface area contributed by atoms with Crippen molar-refractivity contribution in [2.24, 2.45) is 0 Å². The zero-order valence-electron chi connectivity index (χ0n) is 15.5. The summed E-state index contributed by atoms with van der Waals surface area (Å²) < 4.78 is 5.29. The van der Waals surface area contributed by atoms with E-state index in [-0.39, 0.29) is 0 Å². The fourth-order valence-electron chi connectivity index (χ4n) is 2.35. The summed E-state index contributed by atoms with van der Waals surface area (Å²) in [7, 11) is 0. The first kappa shape index (κ1) is 21.7. The van der Waals surface area contributed by atoms with Crippen molar-refractivity contribution in [1.82, 2.24) is 4.90 Å². The first-order valence-corrected chi connectivity index (χ1v) is 9.37. The summed E-state index contributed by atoms with van der Waals surface area (Å²) in [6.07, 6.45) is 16.3. The highest BCUT2D eigenvalue weighted by atomic mass is 16.5. The topological polar surface area (TPSA) is 36.3 Å². The molecule has 0 aliphatic carbocycles. The molecule has 0 rings (SSSR count). The standard InChI is InChI=1S/C20H36N2O/c1-4-7-9-11-15-22(16-12-10-8-5-2)17-13-14-20(18-21)19-23-6-3/h13-14,17H,4-12,15-16,19H2,1-3H3. The summed E-state index contributed by atoms with van der Waals surface area (Å²) >= 11 is 0. The molecule has 3 nitrogen and oxygen atoms in total. The molecule has 0 unspecified atom stereocenters. The van der Waals surface area contributed by atoms with Crippen LogP contribution in [0, 0.1) is 11.3 Å². The Morgan fingerprint density at radius 1 is 0.957 bits per heavy atom. The molecule has 0 spiro atoms. The summed E-state index contributed by atoms with van der Waals surface area (Å²) in [5.74, 6) is 0. The average Bonchev–Trinajstić information content (AvgIpc) is 2.57. The van der Waals surface area contributed by atoms with Crippen LogP contribution in [0.25, 0.3) is 0 Å². The van der Waals surface area contributed by atoms with Crippen LogP contribution in [0.4, 0.5) is 0 Å². The van der Waals surface area contributed by atoms with Gasteiger partial charge in [-0.3, -0.25) is 0 Å². The maximum absolute atomic E-state index is 9.07. The number of nitrogens with zero attached hydrogens (tertiary/aromatic N) is 2. The molecule has 0 saturated carbocycles. The highest BCUT2D eigenvalue weighted by Crippen LogP contribution is 2.06. The van der Waals surface area contributed by atoms with Crippen LogP contribution in [-0.2, 0) is 4.74 Å². The molecule has 0 aromatic carbocycles. The van der Waals surface area contributed by atoms with Crippen molar-refractivity contribution < 1.29 is 4.74 Å². The van der Waals surface area contributed by atoms with E-state index in [9.17, 15) is 0 Å². The Hall–Kier alpha value is -1.27. The molecule has 0 bridgehead atoms. The first-order valence-electron chi connectivity index (χ1n) is 9.37. The smallest absolute Gasteiger partial charge is 0.0971 e. The largest absolute Gasteiger partial charge is 0.377 e. The normalized spacial score (nSPS) is 11.8. The molecular weight excluding hydrogens is 284 g/mol. The third kappa shape index (κ3) is 14.1. The van der Waals surface area contributed by atoms with Crippen molar-refractivity contribution in [2.45, 2.75) is 72.1 Å². The Morgan fingerprint density at radius 3 is 2.04 bits per heavy atom. The van der Waals surface area contributed by atoms with Crippen LogP contribution in [0.1, 0.15) is 72.1 Å². The van der Waals surface area contributed by atoms with Gasteiger partial charge in [-0.2, -0.15) is 5.26 Å². The van der Waals surface area contributed by atoms with Gasteiger partial charge in [-0.15, -0.1) is 0 Å². The molecule has 0 aliphatic rings. The van der Waals surface area contributed by atoms with Crippen LogP contribution >= 0.6 is 0 Å². The van der Waals surface area contributed by atoms with E-state index in [0.717, 1.165) is 13.1 Å². The van der Waals surface area contributed by atoms with Crippen LogP contribution in [0.2, 0.25) is 0 Å². The molecule has 0 radical (unpaired) electrons. The van der Waals surface area contributed by atoms with E-state index in [0.29, 0.717) is 18.8 Å². The van der Waals surface area contributed by atoms with Crippen molar-refractivity contribution >= 4 is 0 Å². The lowest BCUT2D eigenvalue weighted by Crippen LogP contribution is -2.20. The zero-order chi connectivity index (χ0) is 17.2. The summed E-state index contributed by atoms with van der Waals surface area (Å²) in [5.41, 5.74) is 0.681. The van der Waals surface area contributed by atoms with Gasteiger partial charge in [-0.05, 0) is 38.1 Å². The molecule has 0 N–H and O–H groups in total. The Balaban J connectivity index is 4.36. The highest BCUT2D eigenvalue weighted by molar-refractivity contribution is 5.25. The molecule has 0 saturated heterocycles. The lowest BCUT2D eigenvalue weighted by molar-refractivity contribution is 0.173. The minimum Gasteiger partial charge on any atom is -0.377 e. The van der Waals surface area contributed by atoms with Gasteiger partial charge < -0.3 is 9.64 Å². The number of rotatable bonds is 15. The van der Waals surface area contributed by atoms with E-state index in [1.807, 2.05) is 19.1 Å². The number of hydrogen-bond donors (Lipinski definition) is 0. The van der Waals surface area contributed by atoms with Crippen molar-refractivity contribution in [3.05, 3.63) is 23.9 Å². The zero-order valence-corrected chi connectivity index (χ0v) is 15.5. The Bertz CT molecular complexity index is 343. The van der Waals surface area contributed by atoms with Crippen LogP contribution < -0.4 is 0 Å². The van der Waals surface area contributed by atoms with Crippen molar-refractivity contribution in [2.75, 3.05) is 26.3 Å². The van der Waals surface area contributed by atoms with Gasteiger partial charge >= 0.3 is 0 Å². The van der Waals surface area contributed by atoms with Gasteiger partial charge in [0.1, 0.15) is 0 Å². The number of ether oxygens (including phenoxy) is 1. The molecule has 0 aromatic heterocycles. The van der Waals surface area contributed by atoms with E-state index >= 15 is 0 Å². The van der Waals surface area contributed by atoms with Crippen LogP contribution in [0.3, 0.4) is 0 Å². The van der Waals surface area contributed by atoms with E-state index in [4.69, 9.17) is 10.00 Å². The Kier molecular flexibility index (Phi) is 16.1. The van der Waals surface area contributed by atoms with Gasteiger partial charge in [-0.1, -0.05) is 52.4 Å². The van der Waals surface area contributed by atoms with Gasteiger partial charge in [0.05, 0.1) is 18.2 Å². The highest BCUT2D eigenvalue weighted by Gasteiger charge is 1.99. The predicted molar refractivity (Wildman–Crippen MR) is 99.2 cm³/mol.